The van der Waals surface area contributed by atoms with Gasteiger partial charge in [-0.3, -0.25) is 0 Å². The number of hydrogen-bond acceptors (Lipinski definition) is 3. The summed E-state index contributed by atoms with van der Waals surface area (Å²) in [5, 5.41) is 4.32. The molecule has 1 aliphatic heterocycles. The van der Waals surface area contributed by atoms with E-state index in [1.807, 2.05) is 0 Å². The number of nitrogens with zero attached hydrogens (tertiary/aromatic N) is 2. The van der Waals surface area contributed by atoms with Crippen molar-refractivity contribution in [3.8, 4) is 0 Å². The van der Waals surface area contributed by atoms with Crippen LogP contribution in [0.5, 0.6) is 0 Å². The lowest BCUT2D eigenvalue weighted by atomic mass is 10.1. The zero-order chi connectivity index (χ0) is 7.72. The van der Waals surface area contributed by atoms with E-state index >= 15 is 0 Å². The van der Waals surface area contributed by atoms with Crippen molar-refractivity contribution in [3.05, 3.63) is 0 Å². The highest BCUT2D eigenvalue weighted by Gasteiger charge is 2.30. The van der Waals surface area contributed by atoms with Gasteiger partial charge in [-0.15, -0.1) is 0 Å². The third kappa shape index (κ3) is 1.17. The van der Waals surface area contributed by atoms with Crippen molar-refractivity contribution in [2.75, 3.05) is 14.1 Å². The van der Waals surface area contributed by atoms with Gasteiger partial charge < -0.3 is 0 Å². The molecule has 0 radical (unpaired) electrons. The molecule has 1 N–H and O–H groups in total. The average Bonchev–Trinajstić information content (AvgIpc) is 2.09. The first-order valence-corrected chi connectivity index (χ1v) is 3.88. The van der Waals surface area contributed by atoms with E-state index in [0.29, 0.717) is 12.1 Å². The molecule has 2 atom stereocenters. The minimum absolute atomic E-state index is 0.620. The summed E-state index contributed by atoms with van der Waals surface area (Å²) in [6, 6.07) is 1.28. The Labute approximate surface area is 62.9 Å². The van der Waals surface area contributed by atoms with Crippen LogP contribution in [0.1, 0.15) is 20.3 Å². The third-order valence-corrected chi connectivity index (χ3v) is 2.40. The van der Waals surface area contributed by atoms with Gasteiger partial charge in [0.05, 0.1) is 0 Å². The van der Waals surface area contributed by atoms with Crippen LogP contribution in [-0.4, -0.2) is 36.2 Å². The largest absolute Gasteiger partial charge is 0.229 e. The number of hydrazine groups is 2. The Kier molecular flexibility index (Phi) is 2.28. The van der Waals surface area contributed by atoms with Gasteiger partial charge in [-0.25, -0.2) is 10.0 Å². The minimum atomic E-state index is 0.620. The first-order chi connectivity index (χ1) is 4.66. The summed E-state index contributed by atoms with van der Waals surface area (Å²) in [6.45, 7) is 4.46. The summed E-state index contributed by atoms with van der Waals surface area (Å²) in [5.41, 5.74) is 3.23. The summed E-state index contributed by atoms with van der Waals surface area (Å²) in [5.74, 6) is 0. The summed E-state index contributed by atoms with van der Waals surface area (Å²) in [7, 11) is 4.17. The molecular formula is C7H17N3. The monoisotopic (exact) mass is 143 g/mol. The molecule has 0 amide bonds. The fourth-order valence-corrected chi connectivity index (χ4v) is 1.61. The van der Waals surface area contributed by atoms with Crippen molar-refractivity contribution in [2.45, 2.75) is 32.4 Å². The molecular weight excluding hydrogens is 126 g/mol. The van der Waals surface area contributed by atoms with E-state index in [2.05, 4.69) is 43.5 Å². The predicted octanol–water partition coefficient (Wildman–Crippen LogP) is 0.450. The van der Waals surface area contributed by atoms with Crippen LogP contribution in [0, 0.1) is 0 Å². The van der Waals surface area contributed by atoms with Gasteiger partial charge in [0.1, 0.15) is 0 Å². The molecule has 1 rings (SSSR count). The van der Waals surface area contributed by atoms with Gasteiger partial charge in [0.2, 0.25) is 0 Å². The number of hydrogen-bond donors (Lipinski definition) is 1. The Morgan fingerprint density at radius 2 is 1.90 bits per heavy atom. The molecule has 1 heterocycles. The zero-order valence-electron chi connectivity index (χ0n) is 7.26. The quantitative estimate of drug-likeness (QED) is 0.575. The Balaban J connectivity index is 2.55. The first-order valence-electron chi connectivity index (χ1n) is 3.88. The summed E-state index contributed by atoms with van der Waals surface area (Å²) in [4.78, 5) is 0. The minimum Gasteiger partial charge on any atom is -0.229 e. The normalized spacial score (nSPS) is 37.2. The summed E-state index contributed by atoms with van der Waals surface area (Å²) in [6.07, 6.45) is 1.20. The highest BCUT2D eigenvalue weighted by atomic mass is 15.8. The maximum absolute atomic E-state index is 3.23. The van der Waals surface area contributed by atoms with Gasteiger partial charge in [0, 0.05) is 26.2 Å². The van der Waals surface area contributed by atoms with Gasteiger partial charge in [0.25, 0.3) is 0 Å². The van der Waals surface area contributed by atoms with Crippen LogP contribution in [0.3, 0.4) is 0 Å². The van der Waals surface area contributed by atoms with Crippen LogP contribution < -0.4 is 5.53 Å². The Morgan fingerprint density at radius 3 is 2.10 bits per heavy atom. The fourth-order valence-electron chi connectivity index (χ4n) is 1.61. The maximum atomic E-state index is 3.23. The van der Waals surface area contributed by atoms with Crippen molar-refractivity contribution in [3.63, 3.8) is 0 Å². The number of rotatable bonds is 1. The third-order valence-electron chi connectivity index (χ3n) is 2.40. The smallest absolute Gasteiger partial charge is 0.0418 e. The molecule has 0 spiro atoms. The second-order valence-corrected chi connectivity index (χ2v) is 3.04. The molecule has 10 heavy (non-hydrogen) atoms. The van der Waals surface area contributed by atoms with E-state index in [4.69, 9.17) is 0 Å². The Hall–Kier alpha value is -0.120. The lowest BCUT2D eigenvalue weighted by molar-refractivity contribution is 0.147. The summed E-state index contributed by atoms with van der Waals surface area (Å²) < 4.78 is 0. The Bertz CT molecular complexity index is 115. The molecule has 3 heteroatoms. The SMILES string of the molecule is CCC1C(C)N(C)NN1C. The van der Waals surface area contributed by atoms with E-state index < -0.39 is 0 Å². The van der Waals surface area contributed by atoms with Gasteiger partial charge in [-0.1, -0.05) is 6.92 Å². The van der Waals surface area contributed by atoms with Gasteiger partial charge >= 0.3 is 0 Å². The van der Waals surface area contributed by atoms with Gasteiger partial charge in [0.15, 0.2) is 0 Å². The van der Waals surface area contributed by atoms with Crippen molar-refractivity contribution in [2.24, 2.45) is 0 Å². The van der Waals surface area contributed by atoms with Crippen molar-refractivity contribution < 1.29 is 0 Å². The molecule has 1 saturated heterocycles. The topological polar surface area (TPSA) is 18.5 Å². The second kappa shape index (κ2) is 2.86. The van der Waals surface area contributed by atoms with E-state index in [9.17, 15) is 0 Å². The van der Waals surface area contributed by atoms with E-state index in [-0.39, 0.29) is 0 Å². The van der Waals surface area contributed by atoms with Gasteiger partial charge in [-0.05, 0) is 13.3 Å². The highest BCUT2D eigenvalue weighted by Crippen LogP contribution is 2.14. The maximum Gasteiger partial charge on any atom is 0.0418 e. The van der Waals surface area contributed by atoms with Crippen molar-refractivity contribution >= 4 is 0 Å². The number of nitrogens with one attached hydrogen (secondary N) is 1. The average molecular weight is 143 g/mol. The first kappa shape index (κ1) is 7.98. The van der Waals surface area contributed by atoms with Crippen LogP contribution in [0.2, 0.25) is 0 Å². The number of likely N-dealkylation sites (N-methyl/N-ethyl adjacent to an activating group) is 2. The van der Waals surface area contributed by atoms with E-state index in [1.165, 1.54) is 6.42 Å². The molecule has 0 aliphatic carbocycles. The highest BCUT2D eigenvalue weighted by molar-refractivity contribution is 4.81. The van der Waals surface area contributed by atoms with Crippen LogP contribution in [-0.2, 0) is 0 Å². The fraction of sp³-hybridized carbons (Fsp3) is 1.00. The molecule has 0 saturated carbocycles. The van der Waals surface area contributed by atoms with E-state index in [0.717, 1.165) is 0 Å². The van der Waals surface area contributed by atoms with Gasteiger partial charge in [-0.2, -0.15) is 5.53 Å². The zero-order valence-corrected chi connectivity index (χ0v) is 7.26. The Morgan fingerprint density at radius 1 is 1.30 bits per heavy atom. The molecule has 0 aromatic rings. The van der Waals surface area contributed by atoms with Crippen molar-refractivity contribution in [1.29, 1.82) is 0 Å². The second-order valence-electron chi connectivity index (χ2n) is 3.04. The molecule has 1 aliphatic rings. The van der Waals surface area contributed by atoms with Crippen LogP contribution >= 0.6 is 0 Å². The molecule has 1 fully saturated rings. The molecule has 3 nitrogen and oxygen atoms in total. The van der Waals surface area contributed by atoms with Crippen LogP contribution in [0.4, 0.5) is 0 Å². The van der Waals surface area contributed by atoms with Crippen LogP contribution in [0.25, 0.3) is 0 Å². The van der Waals surface area contributed by atoms with E-state index in [1.54, 1.807) is 0 Å². The molecule has 0 bridgehead atoms. The lowest BCUT2D eigenvalue weighted by Gasteiger charge is -2.17. The van der Waals surface area contributed by atoms with Crippen LogP contribution in [0.15, 0.2) is 0 Å². The molecule has 2 unspecified atom stereocenters. The summed E-state index contributed by atoms with van der Waals surface area (Å²) >= 11 is 0. The molecule has 0 aromatic carbocycles. The molecule has 60 valence electrons. The molecule has 0 aromatic heterocycles. The predicted molar refractivity (Wildman–Crippen MR) is 42.2 cm³/mol. The standard InChI is InChI=1S/C7H17N3/c1-5-7-6(2)9(3)8-10(7)4/h6-8H,5H2,1-4H3. The lowest BCUT2D eigenvalue weighted by Crippen LogP contribution is -2.36. The van der Waals surface area contributed by atoms with Crippen molar-refractivity contribution in [1.82, 2.24) is 15.6 Å².